The smallest absolute Gasteiger partial charge is 0.238 e. The molecule has 1 N–H and O–H groups in total. The third-order valence-electron chi connectivity index (χ3n) is 1.88. The van der Waals surface area contributed by atoms with Crippen LogP contribution in [0.2, 0.25) is 0 Å². The highest BCUT2D eigenvalue weighted by Crippen LogP contribution is 2.19. The van der Waals surface area contributed by atoms with E-state index in [1.807, 2.05) is 0 Å². The van der Waals surface area contributed by atoms with Gasteiger partial charge in [-0.05, 0) is 18.2 Å². The van der Waals surface area contributed by atoms with E-state index in [-0.39, 0.29) is 10.6 Å². The van der Waals surface area contributed by atoms with Gasteiger partial charge in [-0.15, -0.1) is 0 Å². The van der Waals surface area contributed by atoms with Gasteiger partial charge in [0.2, 0.25) is 5.91 Å². The molecule has 0 spiro atoms. The highest BCUT2D eigenvalue weighted by molar-refractivity contribution is 7.90. The van der Waals surface area contributed by atoms with Gasteiger partial charge in [0.25, 0.3) is 0 Å². The molecule has 0 saturated heterocycles. The Morgan fingerprint density at radius 1 is 1.53 bits per heavy atom. The minimum Gasteiger partial charge on any atom is -0.323 e. The van der Waals surface area contributed by atoms with Crippen LogP contribution in [-0.2, 0) is 14.6 Å². The molecule has 1 amide bonds. The molecule has 0 bridgehead atoms. The van der Waals surface area contributed by atoms with Gasteiger partial charge >= 0.3 is 0 Å². The molecule has 1 rings (SSSR count). The van der Waals surface area contributed by atoms with Crippen molar-refractivity contribution in [3.8, 4) is 6.07 Å². The van der Waals surface area contributed by atoms with Crippen LogP contribution in [0.1, 0.15) is 6.42 Å². The average molecular weight is 256 g/mol. The zero-order chi connectivity index (χ0) is 13.1. The number of carbonyl (C=O) groups is 1. The standard InChI is InChI=1S/C10H9FN2O3S/c1-17(15,16)7-2-3-8(11)9(6-7)13-10(14)4-5-12/h2-3,6H,4H2,1H3,(H,13,14). The maximum atomic E-state index is 13.3. The number of halogens is 1. The minimum absolute atomic E-state index is 0.105. The van der Waals surface area contributed by atoms with E-state index in [0.717, 1.165) is 24.5 Å². The van der Waals surface area contributed by atoms with Crippen molar-refractivity contribution in [1.29, 1.82) is 5.26 Å². The molecule has 5 nitrogen and oxygen atoms in total. The second-order valence-corrected chi connectivity index (χ2v) is 5.31. The Balaban J connectivity index is 3.08. The van der Waals surface area contributed by atoms with Crippen LogP contribution in [0.25, 0.3) is 0 Å². The van der Waals surface area contributed by atoms with Crippen molar-refractivity contribution in [3.05, 3.63) is 24.0 Å². The van der Waals surface area contributed by atoms with E-state index in [1.165, 1.54) is 0 Å². The minimum atomic E-state index is -3.47. The van der Waals surface area contributed by atoms with Crippen LogP contribution < -0.4 is 5.32 Å². The van der Waals surface area contributed by atoms with Crippen molar-refractivity contribution in [3.63, 3.8) is 0 Å². The Morgan fingerprint density at radius 2 is 2.18 bits per heavy atom. The van der Waals surface area contributed by atoms with Crippen molar-refractivity contribution < 1.29 is 17.6 Å². The Bertz CT molecular complexity index is 590. The first-order valence-corrected chi connectivity index (χ1v) is 6.40. The molecule has 0 radical (unpaired) electrons. The fraction of sp³-hybridized carbons (Fsp3) is 0.200. The van der Waals surface area contributed by atoms with E-state index in [0.29, 0.717) is 0 Å². The van der Waals surface area contributed by atoms with Crippen LogP contribution in [0.4, 0.5) is 10.1 Å². The van der Waals surface area contributed by atoms with Gasteiger partial charge in [-0.2, -0.15) is 5.26 Å². The van der Waals surface area contributed by atoms with Crippen LogP contribution in [0.5, 0.6) is 0 Å². The Hall–Kier alpha value is -1.94. The van der Waals surface area contributed by atoms with Gasteiger partial charge in [0.1, 0.15) is 12.2 Å². The van der Waals surface area contributed by atoms with Gasteiger partial charge in [-0.3, -0.25) is 4.79 Å². The molecular weight excluding hydrogens is 247 g/mol. The highest BCUT2D eigenvalue weighted by Gasteiger charge is 2.12. The molecule has 1 aromatic rings. The predicted octanol–water partition coefficient (Wildman–Crippen LogP) is 1.08. The quantitative estimate of drug-likeness (QED) is 0.820. The Labute approximate surface area is 97.8 Å². The summed E-state index contributed by atoms with van der Waals surface area (Å²) in [6.07, 6.45) is 0.545. The third kappa shape index (κ3) is 3.53. The molecule has 0 unspecified atom stereocenters. The zero-order valence-corrected chi connectivity index (χ0v) is 9.71. The lowest BCUT2D eigenvalue weighted by Crippen LogP contribution is -2.12. The molecule has 0 fully saturated rings. The first-order valence-electron chi connectivity index (χ1n) is 4.51. The summed E-state index contributed by atoms with van der Waals surface area (Å²) >= 11 is 0. The van der Waals surface area contributed by atoms with Crippen LogP contribution in [-0.4, -0.2) is 20.6 Å². The SMILES string of the molecule is CS(=O)(=O)c1ccc(F)c(NC(=O)CC#N)c1. The summed E-state index contributed by atoms with van der Waals surface area (Å²) in [7, 11) is -3.47. The van der Waals surface area contributed by atoms with Crippen LogP contribution in [0, 0.1) is 17.1 Å². The number of nitrogens with one attached hydrogen (secondary N) is 1. The number of amides is 1. The van der Waals surface area contributed by atoms with Gasteiger partial charge in [-0.1, -0.05) is 0 Å². The lowest BCUT2D eigenvalue weighted by Gasteiger charge is -2.06. The summed E-state index contributed by atoms with van der Waals surface area (Å²) in [6, 6.07) is 4.66. The highest BCUT2D eigenvalue weighted by atomic mass is 32.2. The molecule has 0 heterocycles. The zero-order valence-electron chi connectivity index (χ0n) is 8.90. The van der Waals surface area contributed by atoms with Crippen molar-refractivity contribution in [2.24, 2.45) is 0 Å². The molecule has 0 aliphatic carbocycles. The number of benzene rings is 1. The molecule has 0 atom stereocenters. The predicted molar refractivity (Wildman–Crippen MR) is 58.4 cm³/mol. The summed E-state index contributed by atoms with van der Waals surface area (Å²) in [5.74, 6) is -1.46. The number of hydrogen-bond acceptors (Lipinski definition) is 4. The lowest BCUT2D eigenvalue weighted by molar-refractivity contribution is -0.115. The summed E-state index contributed by atoms with van der Waals surface area (Å²) in [5.41, 5.74) is -0.256. The number of rotatable bonds is 3. The normalized spacial score (nSPS) is 10.6. The maximum absolute atomic E-state index is 13.3. The van der Waals surface area contributed by atoms with E-state index >= 15 is 0 Å². The molecule has 90 valence electrons. The largest absolute Gasteiger partial charge is 0.323 e. The second-order valence-electron chi connectivity index (χ2n) is 3.30. The van der Waals surface area contributed by atoms with Crippen LogP contribution >= 0.6 is 0 Å². The number of nitriles is 1. The average Bonchev–Trinajstić information content (AvgIpc) is 2.20. The number of carbonyl (C=O) groups excluding carboxylic acids is 1. The Morgan fingerprint density at radius 3 is 2.71 bits per heavy atom. The molecule has 0 aliphatic heterocycles. The van der Waals surface area contributed by atoms with Crippen molar-refractivity contribution >= 4 is 21.4 Å². The van der Waals surface area contributed by atoms with Gasteiger partial charge < -0.3 is 5.32 Å². The molecule has 7 heteroatoms. The molecule has 17 heavy (non-hydrogen) atoms. The van der Waals surface area contributed by atoms with E-state index in [9.17, 15) is 17.6 Å². The summed E-state index contributed by atoms with van der Waals surface area (Å²) in [6.45, 7) is 0. The fourth-order valence-electron chi connectivity index (χ4n) is 1.10. The summed E-state index contributed by atoms with van der Waals surface area (Å²) in [5, 5.41) is 10.4. The monoisotopic (exact) mass is 256 g/mol. The molecule has 0 saturated carbocycles. The first-order chi connectivity index (χ1) is 7.84. The van der Waals surface area contributed by atoms with E-state index < -0.39 is 28.0 Å². The van der Waals surface area contributed by atoms with E-state index in [2.05, 4.69) is 5.32 Å². The van der Waals surface area contributed by atoms with Gasteiger partial charge in [-0.25, -0.2) is 12.8 Å². The van der Waals surface area contributed by atoms with Crippen molar-refractivity contribution in [1.82, 2.24) is 0 Å². The first kappa shape index (κ1) is 13.1. The topological polar surface area (TPSA) is 87.0 Å². The van der Waals surface area contributed by atoms with Crippen molar-refractivity contribution in [2.75, 3.05) is 11.6 Å². The van der Waals surface area contributed by atoms with Gasteiger partial charge in [0.05, 0.1) is 16.7 Å². The van der Waals surface area contributed by atoms with E-state index in [4.69, 9.17) is 5.26 Å². The van der Waals surface area contributed by atoms with Crippen molar-refractivity contribution in [2.45, 2.75) is 11.3 Å². The van der Waals surface area contributed by atoms with Gasteiger partial charge in [0.15, 0.2) is 9.84 Å². The summed E-state index contributed by atoms with van der Waals surface area (Å²) < 4.78 is 35.7. The lowest BCUT2D eigenvalue weighted by atomic mass is 10.3. The fourth-order valence-corrected chi connectivity index (χ4v) is 1.74. The summed E-state index contributed by atoms with van der Waals surface area (Å²) in [4.78, 5) is 11.0. The molecule has 0 aliphatic rings. The van der Waals surface area contributed by atoms with Gasteiger partial charge in [0, 0.05) is 6.26 Å². The second kappa shape index (κ2) is 4.93. The number of hydrogen-bond donors (Lipinski definition) is 1. The van der Waals surface area contributed by atoms with Crippen LogP contribution in [0.15, 0.2) is 23.1 Å². The number of anilines is 1. The van der Waals surface area contributed by atoms with E-state index in [1.54, 1.807) is 6.07 Å². The Kier molecular flexibility index (Phi) is 3.81. The number of nitrogens with zero attached hydrogens (tertiary/aromatic N) is 1. The van der Waals surface area contributed by atoms with Crippen LogP contribution in [0.3, 0.4) is 0 Å². The number of sulfone groups is 1. The maximum Gasteiger partial charge on any atom is 0.238 e. The third-order valence-corrected chi connectivity index (χ3v) is 2.99. The molecular formula is C10H9FN2O3S. The molecule has 1 aromatic carbocycles. The molecule has 0 aromatic heterocycles.